The van der Waals surface area contributed by atoms with Gasteiger partial charge in [-0.2, -0.15) is 0 Å². The second kappa shape index (κ2) is 8.76. The molecule has 1 saturated carbocycles. The maximum Gasteiger partial charge on any atom is 0.260 e. The molecule has 10 heteroatoms. The number of sulfonamides is 1. The van der Waals surface area contributed by atoms with Gasteiger partial charge < -0.3 is 14.4 Å². The van der Waals surface area contributed by atoms with Gasteiger partial charge in [-0.3, -0.25) is 4.79 Å². The molecule has 5 rings (SSSR count). The molecule has 4 heterocycles. The van der Waals surface area contributed by atoms with Gasteiger partial charge in [0.2, 0.25) is 15.9 Å². The van der Waals surface area contributed by atoms with Crippen LogP contribution in [0, 0.1) is 6.92 Å². The molecule has 4 aliphatic rings. The molecule has 1 N–H and O–H groups in total. The average Bonchev–Trinajstić information content (AvgIpc) is 2.71. The first-order chi connectivity index (χ1) is 14.3. The van der Waals surface area contributed by atoms with E-state index in [-0.39, 0.29) is 30.7 Å². The fourth-order valence-electron chi connectivity index (χ4n) is 5.00. The fraction of sp³-hybridized carbons (Fsp3) is 0.750. The first-order valence-electron chi connectivity index (χ1n) is 10.6. The van der Waals surface area contributed by atoms with Crippen LogP contribution in [0.5, 0.6) is 5.88 Å². The van der Waals surface area contributed by atoms with Crippen LogP contribution in [-0.2, 0) is 19.6 Å². The summed E-state index contributed by atoms with van der Waals surface area (Å²) in [6.07, 6.45) is 7.83. The number of nitrogens with one attached hydrogen (secondary N) is 1. The van der Waals surface area contributed by atoms with Gasteiger partial charge in [0.25, 0.3) is 5.91 Å². The number of aromatic nitrogens is 2. The number of nitrogens with zero attached hydrogens (tertiary/aromatic N) is 3. The Bertz CT molecular complexity index is 885. The summed E-state index contributed by atoms with van der Waals surface area (Å²) in [6, 6.07) is -0.717. The zero-order valence-corrected chi connectivity index (χ0v) is 18.4. The molecule has 3 aliphatic heterocycles. The van der Waals surface area contributed by atoms with E-state index in [1.807, 2.05) is 6.92 Å². The highest BCUT2D eigenvalue weighted by atomic mass is 32.2. The van der Waals surface area contributed by atoms with E-state index < -0.39 is 10.0 Å². The average molecular weight is 439 g/mol. The van der Waals surface area contributed by atoms with Gasteiger partial charge in [-0.1, -0.05) is 0 Å². The van der Waals surface area contributed by atoms with Crippen LogP contribution in [0.15, 0.2) is 6.33 Å². The van der Waals surface area contributed by atoms with Gasteiger partial charge in [0.1, 0.15) is 6.33 Å². The molecule has 1 aliphatic carbocycles. The van der Waals surface area contributed by atoms with Crippen LogP contribution in [0.1, 0.15) is 55.7 Å². The van der Waals surface area contributed by atoms with Gasteiger partial charge in [0.15, 0.2) is 6.61 Å². The van der Waals surface area contributed by atoms with Crippen molar-refractivity contribution in [1.29, 1.82) is 0 Å². The quantitative estimate of drug-likeness (QED) is 0.737. The Labute approximate surface area is 177 Å². The summed E-state index contributed by atoms with van der Waals surface area (Å²) in [7, 11) is -3.40. The third kappa shape index (κ3) is 4.76. The van der Waals surface area contributed by atoms with Crippen molar-refractivity contribution in [2.75, 3.05) is 26.0 Å². The molecule has 30 heavy (non-hydrogen) atoms. The van der Waals surface area contributed by atoms with Gasteiger partial charge in [-0.25, -0.2) is 23.1 Å². The maximum atomic E-state index is 13.1. The van der Waals surface area contributed by atoms with E-state index in [1.54, 1.807) is 4.90 Å². The van der Waals surface area contributed by atoms with Crippen molar-refractivity contribution in [3.63, 3.8) is 0 Å². The summed E-state index contributed by atoms with van der Waals surface area (Å²) in [5.74, 6) is 0.593. The lowest BCUT2D eigenvalue weighted by Gasteiger charge is -2.41. The van der Waals surface area contributed by atoms with Gasteiger partial charge in [-0.15, -0.1) is 0 Å². The molecule has 2 fully saturated rings. The molecule has 1 aromatic heterocycles. The number of carbonyl (C=O) groups is 1. The molecule has 166 valence electrons. The number of fused-ring (bicyclic) bond motifs is 5. The number of amides is 1. The molecule has 1 saturated heterocycles. The lowest BCUT2D eigenvalue weighted by Crippen LogP contribution is -2.59. The number of aryl methyl sites for hydroxylation is 1. The largest absolute Gasteiger partial charge is 0.467 e. The molecular formula is C20H30N4O5S. The fourth-order valence-corrected chi connectivity index (χ4v) is 5.82. The second-order valence-corrected chi connectivity index (χ2v) is 10.3. The molecule has 0 radical (unpaired) electrons. The lowest BCUT2D eigenvalue weighted by molar-refractivity contribution is -0.140. The standard InChI is InChI=1S/C20H30N4O5S/c1-13-19-14-5-7-15(8-6-14)28-10-17-16(23-30(2,26)27)4-3-9-24(17)18(25)11-29-20(19)22-12-21-13/h12,14-17,23H,3-11H2,1-2H3/t14-,15+,16-,17?/m0/s1. The van der Waals surface area contributed by atoms with Crippen molar-refractivity contribution in [2.24, 2.45) is 0 Å². The van der Waals surface area contributed by atoms with E-state index in [1.165, 1.54) is 6.33 Å². The van der Waals surface area contributed by atoms with Crippen LogP contribution < -0.4 is 9.46 Å². The van der Waals surface area contributed by atoms with E-state index in [0.717, 1.165) is 49.6 Å². The smallest absolute Gasteiger partial charge is 0.260 e. The van der Waals surface area contributed by atoms with E-state index in [2.05, 4.69) is 14.7 Å². The molecule has 2 bridgehead atoms. The summed E-state index contributed by atoms with van der Waals surface area (Å²) >= 11 is 0. The van der Waals surface area contributed by atoms with Gasteiger partial charge in [0.05, 0.1) is 25.0 Å². The molecule has 1 aromatic rings. The van der Waals surface area contributed by atoms with Gasteiger partial charge >= 0.3 is 0 Å². The Balaban J connectivity index is 1.63. The Morgan fingerprint density at radius 3 is 2.67 bits per heavy atom. The van der Waals surface area contributed by atoms with Crippen LogP contribution in [0.2, 0.25) is 0 Å². The molecule has 9 nitrogen and oxygen atoms in total. The van der Waals surface area contributed by atoms with E-state index in [9.17, 15) is 13.2 Å². The lowest BCUT2D eigenvalue weighted by atomic mass is 9.82. The number of carbonyl (C=O) groups excluding carboxylic acids is 1. The van der Waals surface area contributed by atoms with Crippen LogP contribution in [0.25, 0.3) is 0 Å². The Kier molecular flexibility index (Phi) is 6.26. The first kappa shape index (κ1) is 21.5. The third-order valence-electron chi connectivity index (χ3n) is 6.43. The van der Waals surface area contributed by atoms with Crippen LogP contribution in [-0.4, -0.2) is 73.4 Å². The van der Waals surface area contributed by atoms with Crippen molar-refractivity contribution in [3.8, 4) is 5.88 Å². The topological polar surface area (TPSA) is 111 Å². The van der Waals surface area contributed by atoms with Crippen molar-refractivity contribution in [3.05, 3.63) is 17.6 Å². The van der Waals surface area contributed by atoms with Crippen LogP contribution in [0.3, 0.4) is 0 Å². The minimum Gasteiger partial charge on any atom is -0.467 e. The summed E-state index contributed by atoms with van der Waals surface area (Å²) in [5, 5.41) is 0. The summed E-state index contributed by atoms with van der Waals surface area (Å²) in [5.41, 5.74) is 1.88. The highest BCUT2D eigenvalue weighted by Gasteiger charge is 2.38. The third-order valence-corrected chi connectivity index (χ3v) is 7.16. The summed E-state index contributed by atoms with van der Waals surface area (Å²) < 4.78 is 38.6. The number of hydrogen-bond donors (Lipinski definition) is 1. The van der Waals surface area contributed by atoms with Crippen molar-refractivity contribution >= 4 is 15.9 Å². The number of ether oxygens (including phenoxy) is 2. The molecule has 0 spiro atoms. The SMILES string of the molecule is Cc1ncnc2c1[C@H]1CC[C@H](CC1)OCC1[C@@H](NS(C)(=O)=O)CCCN1C(=O)CO2. The Hall–Kier alpha value is -1.78. The minimum atomic E-state index is -3.40. The van der Waals surface area contributed by atoms with E-state index in [0.29, 0.717) is 31.4 Å². The number of hydrogen-bond acceptors (Lipinski definition) is 7. The van der Waals surface area contributed by atoms with Crippen LogP contribution >= 0.6 is 0 Å². The van der Waals surface area contributed by atoms with Crippen LogP contribution in [0.4, 0.5) is 0 Å². The normalized spacial score (nSPS) is 30.3. The highest BCUT2D eigenvalue weighted by molar-refractivity contribution is 7.88. The number of piperidine rings is 1. The van der Waals surface area contributed by atoms with Crippen molar-refractivity contribution in [2.45, 2.75) is 69.6 Å². The van der Waals surface area contributed by atoms with Gasteiger partial charge in [0, 0.05) is 23.8 Å². The number of rotatable bonds is 2. The zero-order valence-electron chi connectivity index (χ0n) is 17.5. The first-order valence-corrected chi connectivity index (χ1v) is 12.5. The molecule has 1 amide bonds. The van der Waals surface area contributed by atoms with Gasteiger partial charge in [-0.05, 0) is 51.4 Å². The minimum absolute atomic E-state index is 0.106. The van der Waals surface area contributed by atoms with Crippen molar-refractivity contribution in [1.82, 2.24) is 19.6 Å². The maximum absolute atomic E-state index is 13.1. The monoisotopic (exact) mass is 438 g/mol. The van der Waals surface area contributed by atoms with Crippen molar-refractivity contribution < 1.29 is 22.7 Å². The Morgan fingerprint density at radius 1 is 1.17 bits per heavy atom. The predicted octanol–water partition coefficient (Wildman–Crippen LogP) is 1.13. The van der Waals surface area contributed by atoms with E-state index in [4.69, 9.17) is 9.47 Å². The highest BCUT2D eigenvalue weighted by Crippen LogP contribution is 2.39. The molecule has 2 atom stereocenters. The zero-order chi connectivity index (χ0) is 21.3. The summed E-state index contributed by atoms with van der Waals surface area (Å²) in [6.45, 7) is 2.69. The molecule has 0 aromatic carbocycles. The molecule has 1 unspecified atom stereocenters. The Morgan fingerprint density at radius 2 is 1.93 bits per heavy atom. The predicted molar refractivity (Wildman–Crippen MR) is 110 cm³/mol. The second-order valence-electron chi connectivity index (χ2n) is 8.57. The van der Waals surface area contributed by atoms with E-state index >= 15 is 0 Å². The summed E-state index contributed by atoms with van der Waals surface area (Å²) in [4.78, 5) is 23.4. The molecular weight excluding hydrogens is 408 g/mol.